The van der Waals surface area contributed by atoms with Crippen LogP contribution in [0.2, 0.25) is 0 Å². The molecule has 0 rings (SSSR count). The minimum atomic E-state index is 0. The van der Waals surface area contributed by atoms with Crippen LogP contribution in [0.25, 0.3) is 0 Å². The third kappa shape index (κ3) is 33.1. The lowest BCUT2D eigenvalue weighted by atomic mass is 10.1. The molecule has 2 nitrogen and oxygen atoms in total. The van der Waals surface area contributed by atoms with E-state index >= 15 is 0 Å². The van der Waals surface area contributed by atoms with Crippen molar-refractivity contribution in [2.45, 2.75) is 168 Å². The Labute approximate surface area is 264 Å². The van der Waals surface area contributed by atoms with Crippen molar-refractivity contribution >= 4 is 0 Å². The molecule has 0 N–H and O–H groups in total. The zero-order valence-electron chi connectivity index (χ0n) is 27.4. The van der Waals surface area contributed by atoms with Crippen LogP contribution in [0.3, 0.4) is 0 Å². The monoisotopic (exact) mass is 668 g/mol. The van der Waals surface area contributed by atoms with E-state index in [1.807, 2.05) is 0 Å². The Morgan fingerprint density at radius 2 is 0.421 bits per heavy atom. The number of quaternary nitrogens is 2. The summed E-state index contributed by atoms with van der Waals surface area (Å²) in [6.07, 6.45) is 34.6. The molecule has 0 aliphatic heterocycles. The second-order valence-electron chi connectivity index (χ2n) is 13.5. The minimum Gasteiger partial charge on any atom is -1.00 e. The van der Waals surface area contributed by atoms with Crippen molar-refractivity contribution < 1.29 is 42.9 Å². The Morgan fingerprint density at radius 3 is 0.605 bits per heavy atom. The Kier molecular flexibility index (Phi) is 35.2. The lowest BCUT2D eigenvalue weighted by molar-refractivity contribution is -0.890. The molecule has 0 aromatic carbocycles. The smallest absolute Gasteiger partial charge is 0.0782 e. The first-order valence-corrected chi connectivity index (χ1v) is 17.0. The van der Waals surface area contributed by atoms with Crippen molar-refractivity contribution in [3.63, 3.8) is 0 Å². The molecular weight excluding hydrogens is 596 g/mol. The first-order chi connectivity index (χ1) is 17.3. The number of halogens is 2. The quantitative estimate of drug-likeness (QED) is 0.0810. The van der Waals surface area contributed by atoms with E-state index in [0.29, 0.717) is 0 Å². The van der Waals surface area contributed by atoms with Crippen LogP contribution in [-0.4, -0.2) is 63.3 Å². The third-order valence-electron chi connectivity index (χ3n) is 8.51. The summed E-state index contributed by atoms with van der Waals surface area (Å²) in [6, 6.07) is 0. The molecule has 0 amide bonds. The van der Waals surface area contributed by atoms with E-state index in [0.717, 1.165) is 0 Å². The molecule has 234 valence electrons. The van der Waals surface area contributed by atoms with E-state index in [2.05, 4.69) is 42.0 Å². The standard InChI is InChI=1S/C34H74N2.2BrH/c1-7-9-11-13-15-19-23-27-31-35(3,4)33-29-25-21-17-18-22-26-30-34-36(5,6)32-28-24-20-16-14-12-10-8-2;;/h7-34H2,1-6H3;2*1H/q+2;;/p-2. The van der Waals surface area contributed by atoms with Gasteiger partial charge in [-0.15, -0.1) is 0 Å². The average Bonchev–Trinajstić information content (AvgIpc) is 2.83. The molecule has 0 aliphatic rings. The summed E-state index contributed by atoms with van der Waals surface area (Å²) in [4.78, 5) is 0. The van der Waals surface area contributed by atoms with Gasteiger partial charge in [0.05, 0.1) is 54.4 Å². The largest absolute Gasteiger partial charge is 1.00 e. The molecule has 0 unspecified atom stereocenters. The van der Waals surface area contributed by atoms with Gasteiger partial charge in [-0.2, -0.15) is 0 Å². The number of hydrogen-bond acceptors (Lipinski definition) is 0. The van der Waals surface area contributed by atoms with Crippen LogP contribution in [0.5, 0.6) is 0 Å². The van der Waals surface area contributed by atoms with E-state index in [1.165, 1.54) is 189 Å². The van der Waals surface area contributed by atoms with Crippen LogP contribution in [0.4, 0.5) is 0 Å². The van der Waals surface area contributed by atoms with Crippen LogP contribution in [0.15, 0.2) is 0 Å². The van der Waals surface area contributed by atoms with Gasteiger partial charge in [-0.25, -0.2) is 0 Å². The topological polar surface area (TPSA) is 0 Å². The van der Waals surface area contributed by atoms with Crippen LogP contribution in [-0.2, 0) is 0 Å². The van der Waals surface area contributed by atoms with Gasteiger partial charge in [0.2, 0.25) is 0 Å². The molecule has 0 atom stereocenters. The molecule has 0 heterocycles. The maximum absolute atomic E-state index is 2.45. The SMILES string of the molecule is CCCCCCCCCC[N+](C)(C)CCCCCCCCCC[N+](C)(C)CCCCCCCCCC.[Br-].[Br-]. The molecule has 0 aliphatic carbocycles. The molecule has 0 fully saturated rings. The highest BCUT2D eigenvalue weighted by atomic mass is 79.9. The molecule has 0 aromatic heterocycles. The first kappa shape index (κ1) is 43.3. The first-order valence-electron chi connectivity index (χ1n) is 17.0. The minimum absolute atomic E-state index is 0. The van der Waals surface area contributed by atoms with Crippen LogP contribution in [0.1, 0.15) is 168 Å². The third-order valence-corrected chi connectivity index (χ3v) is 8.51. The number of unbranched alkanes of at least 4 members (excludes halogenated alkanes) is 21. The molecule has 0 radical (unpaired) electrons. The maximum Gasteiger partial charge on any atom is 0.0782 e. The molecule has 0 bridgehead atoms. The molecule has 0 aromatic rings. The van der Waals surface area contributed by atoms with Crippen molar-refractivity contribution in [3.05, 3.63) is 0 Å². The molecule has 0 spiro atoms. The zero-order chi connectivity index (χ0) is 26.8. The van der Waals surface area contributed by atoms with Gasteiger partial charge in [-0.05, 0) is 51.4 Å². The highest BCUT2D eigenvalue weighted by molar-refractivity contribution is 4.50. The molecule has 4 heteroatoms. The van der Waals surface area contributed by atoms with Crippen molar-refractivity contribution in [1.82, 2.24) is 0 Å². The maximum atomic E-state index is 2.45. The van der Waals surface area contributed by atoms with Crippen molar-refractivity contribution in [3.8, 4) is 0 Å². The van der Waals surface area contributed by atoms with Gasteiger partial charge in [0.15, 0.2) is 0 Å². The van der Waals surface area contributed by atoms with Gasteiger partial charge < -0.3 is 42.9 Å². The lowest BCUT2D eigenvalue weighted by Crippen LogP contribution is -3.00. The van der Waals surface area contributed by atoms with E-state index in [1.54, 1.807) is 0 Å². The summed E-state index contributed by atoms with van der Waals surface area (Å²) in [6.45, 7) is 10.1. The Balaban J connectivity index is -0.00000612. The summed E-state index contributed by atoms with van der Waals surface area (Å²) in [5.41, 5.74) is 0. The Bertz CT molecular complexity index is 400. The highest BCUT2D eigenvalue weighted by Crippen LogP contribution is 2.15. The van der Waals surface area contributed by atoms with E-state index < -0.39 is 0 Å². The van der Waals surface area contributed by atoms with Crippen LogP contribution in [0, 0.1) is 0 Å². The van der Waals surface area contributed by atoms with E-state index in [4.69, 9.17) is 0 Å². The summed E-state index contributed by atoms with van der Waals surface area (Å²) < 4.78 is 2.48. The lowest BCUT2D eigenvalue weighted by Gasteiger charge is -2.30. The predicted octanol–water partition coefficient (Wildman–Crippen LogP) is 4.55. The fourth-order valence-electron chi connectivity index (χ4n) is 5.71. The van der Waals surface area contributed by atoms with Gasteiger partial charge in [0.1, 0.15) is 0 Å². The fraction of sp³-hybridized carbons (Fsp3) is 1.00. The van der Waals surface area contributed by atoms with Crippen molar-refractivity contribution in [2.24, 2.45) is 0 Å². The van der Waals surface area contributed by atoms with Crippen molar-refractivity contribution in [2.75, 3.05) is 54.4 Å². The summed E-state index contributed by atoms with van der Waals surface area (Å²) in [7, 11) is 9.82. The molecule has 0 saturated carbocycles. The van der Waals surface area contributed by atoms with Crippen LogP contribution < -0.4 is 34.0 Å². The van der Waals surface area contributed by atoms with Gasteiger partial charge in [0.25, 0.3) is 0 Å². The second-order valence-corrected chi connectivity index (χ2v) is 13.5. The fourth-order valence-corrected chi connectivity index (χ4v) is 5.71. The van der Waals surface area contributed by atoms with Gasteiger partial charge in [0, 0.05) is 0 Å². The van der Waals surface area contributed by atoms with Gasteiger partial charge >= 0.3 is 0 Å². The normalized spacial score (nSPS) is 11.8. The number of nitrogens with zero attached hydrogens (tertiary/aromatic N) is 2. The summed E-state index contributed by atoms with van der Waals surface area (Å²) >= 11 is 0. The second kappa shape index (κ2) is 30.8. The Hall–Kier alpha value is 0.880. The van der Waals surface area contributed by atoms with E-state index in [9.17, 15) is 0 Å². The number of rotatable bonds is 29. The highest BCUT2D eigenvalue weighted by Gasteiger charge is 2.14. The van der Waals surface area contributed by atoms with Gasteiger partial charge in [-0.3, -0.25) is 0 Å². The summed E-state index contributed by atoms with van der Waals surface area (Å²) in [5, 5.41) is 0. The van der Waals surface area contributed by atoms with Crippen LogP contribution >= 0.6 is 0 Å². The van der Waals surface area contributed by atoms with Gasteiger partial charge in [-0.1, -0.05) is 117 Å². The molecular formula is C34H74Br2N2. The Morgan fingerprint density at radius 1 is 0.263 bits per heavy atom. The number of hydrogen-bond donors (Lipinski definition) is 0. The predicted molar refractivity (Wildman–Crippen MR) is 166 cm³/mol. The average molecular weight is 671 g/mol. The molecule has 0 saturated heterocycles. The van der Waals surface area contributed by atoms with E-state index in [-0.39, 0.29) is 34.0 Å². The van der Waals surface area contributed by atoms with Crippen molar-refractivity contribution in [1.29, 1.82) is 0 Å². The summed E-state index contributed by atoms with van der Waals surface area (Å²) in [5.74, 6) is 0. The molecule has 38 heavy (non-hydrogen) atoms. The zero-order valence-corrected chi connectivity index (χ0v) is 30.6.